The Balaban J connectivity index is 0.00000312. The summed E-state index contributed by atoms with van der Waals surface area (Å²) in [6, 6.07) is 6.55. The zero-order chi connectivity index (χ0) is 17.6. The predicted octanol–water partition coefficient (Wildman–Crippen LogP) is 4.11. The van der Waals surface area contributed by atoms with Crippen LogP contribution in [-0.4, -0.2) is 24.5 Å². The van der Waals surface area contributed by atoms with Gasteiger partial charge in [-0.2, -0.15) is 0 Å². The summed E-state index contributed by atoms with van der Waals surface area (Å²) in [5, 5.41) is 9.70. The second-order valence-electron chi connectivity index (χ2n) is 6.61. The van der Waals surface area contributed by atoms with Crippen molar-refractivity contribution in [2.45, 2.75) is 39.2 Å². The normalized spacial score (nSPS) is 11.8. The van der Waals surface area contributed by atoms with Gasteiger partial charge in [0.25, 0.3) is 0 Å². The highest BCUT2D eigenvalue weighted by Gasteiger charge is 2.17. The highest BCUT2D eigenvalue weighted by atomic mass is 127. The van der Waals surface area contributed by atoms with Crippen LogP contribution in [0.2, 0.25) is 0 Å². The van der Waals surface area contributed by atoms with E-state index in [1.165, 1.54) is 12.1 Å². The molecule has 1 aromatic heterocycles. The smallest absolute Gasteiger partial charge is 0.191 e. The fraction of sp³-hybridized carbons (Fsp3) is 0.444. The molecule has 0 aliphatic heterocycles. The quantitative estimate of drug-likeness (QED) is 0.388. The number of hydrogen-bond donors (Lipinski definition) is 2. The molecule has 2 aromatic rings. The van der Waals surface area contributed by atoms with Crippen LogP contribution in [0.15, 0.2) is 34.6 Å². The van der Waals surface area contributed by atoms with E-state index in [2.05, 4.69) is 46.8 Å². The van der Waals surface area contributed by atoms with Gasteiger partial charge in [-0.05, 0) is 17.7 Å². The number of aliphatic imine (C=N–C) groups is 1. The molecular weight excluding hydrogens is 450 g/mol. The first kappa shape index (κ1) is 21.8. The molecule has 0 atom stereocenters. The minimum atomic E-state index is -0.226. The van der Waals surface area contributed by atoms with Gasteiger partial charge in [0.1, 0.15) is 5.82 Å². The van der Waals surface area contributed by atoms with Crippen molar-refractivity contribution < 1.29 is 4.39 Å². The van der Waals surface area contributed by atoms with E-state index in [4.69, 9.17) is 0 Å². The van der Waals surface area contributed by atoms with Gasteiger partial charge in [0.2, 0.25) is 0 Å². The molecule has 0 unspecified atom stereocenters. The van der Waals surface area contributed by atoms with Crippen molar-refractivity contribution >= 4 is 41.3 Å². The third-order valence-electron chi connectivity index (χ3n) is 3.52. The molecule has 138 valence electrons. The summed E-state index contributed by atoms with van der Waals surface area (Å²) < 4.78 is 13.2. The Labute approximate surface area is 170 Å². The second kappa shape index (κ2) is 10.1. The van der Waals surface area contributed by atoms with Gasteiger partial charge >= 0.3 is 0 Å². The molecule has 0 amide bonds. The Kier molecular flexibility index (Phi) is 8.78. The molecule has 1 heterocycles. The summed E-state index contributed by atoms with van der Waals surface area (Å²) in [7, 11) is 1.72. The Morgan fingerprint density at radius 2 is 2.04 bits per heavy atom. The number of nitrogens with zero attached hydrogens (tertiary/aromatic N) is 2. The second-order valence-corrected chi connectivity index (χ2v) is 7.55. The van der Waals surface area contributed by atoms with E-state index in [-0.39, 0.29) is 35.2 Å². The lowest BCUT2D eigenvalue weighted by molar-refractivity contribution is 0.570. The van der Waals surface area contributed by atoms with E-state index in [0.29, 0.717) is 12.5 Å². The molecule has 0 saturated heterocycles. The molecule has 0 aliphatic carbocycles. The fourth-order valence-corrected chi connectivity index (χ4v) is 3.14. The van der Waals surface area contributed by atoms with Gasteiger partial charge in [-0.25, -0.2) is 9.37 Å². The lowest BCUT2D eigenvalue weighted by Crippen LogP contribution is -2.37. The van der Waals surface area contributed by atoms with Gasteiger partial charge < -0.3 is 10.6 Å². The summed E-state index contributed by atoms with van der Waals surface area (Å²) in [6.45, 7) is 7.79. The van der Waals surface area contributed by atoms with E-state index in [0.717, 1.165) is 29.2 Å². The maximum atomic E-state index is 13.2. The first-order chi connectivity index (χ1) is 11.4. The molecule has 1 aromatic carbocycles. The lowest BCUT2D eigenvalue weighted by Gasteiger charge is -2.14. The van der Waals surface area contributed by atoms with Crippen molar-refractivity contribution in [2.24, 2.45) is 4.99 Å². The van der Waals surface area contributed by atoms with Crippen LogP contribution in [0.5, 0.6) is 0 Å². The number of nitrogens with one attached hydrogen (secondary N) is 2. The average Bonchev–Trinajstić information content (AvgIpc) is 3.00. The lowest BCUT2D eigenvalue weighted by atomic mass is 9.93. The van der Waals surface area contributed by atoms with Gasteiger partial charge in [-0.1, -0.05) is 32.9 Å². The van der Waals surface area contributed by atoms with Crippen molar-refractivity contribution in [3.05, 3.63) is 51.7 Å². The van der Waals surface area contributed by atoms with Crippen LogP contribution in [0.25, 0.3) is 0 Å². The monoisotopic (exact) mass is 476 g/mol. The standard InChI is InChI=1S/C18H25FN4S.HI/c1-18(2,3)15-12-24-16(23-15)8-9-21-17(20-4)22-11-13-6-5-7-14(19)10-13;/h5-7,10,12H,8-9,11H2,1-4H3,(H2,20,21,22);1H. The van der Waals surface area contributed by atoms with Crippen LogP contribution in [-0.2, 0) is 18.4 Å². The van der Waals surface area contributed by atoms with Crippen molar-refractivity contribution in [3.63, 3.8) is 0 Å². The van der Waals surface area contributed by atoms with E-state index >= 15 is 0 Å². The minimum absolute atomic E-state index is 0. The fourth-order valence-electron chi connectivity index (χ4n) is 2.11. The van der Waals surface area contributed by atoms with Gasteiger partial charge in [-0.15, -0.1) is 35.3 Å². The number of aromatic nitrogens is 1. The van der Waals surface area contributed by atoms with Crippen LogP contribution in [0, 0.1) is 5.82 Å². The first-order valence-electron chi connectivity index (χ1n) is 8.02. The Bertz CT molecular complexity index is 694. The Morgan fingerprint density at radius 3 is 2.64 bits per heavy atom. The van der Waals surface area contributed by atoms with Gasteiger partial charge in [0, 0.05) is 37.4 Å². The van der Waals surface area contributed by atoms with Crippen LogP contribution in [0.3, 0.4) is 0 Å². The molecule has 2 rings (SSSR count). The summed E-state index contributed by atoms with van der Waals surface area (Å²) in [6.07, 6.45) is 0.849. The number of guanidine groups is 1. The molecular formula is C18H26FIN4S. The van der Waals surface area contributed by atoms with Crippen molar-refractivity contribution in [2.75, 3.05) is 13.6 Å². The van der Waals surface area contributed by atoms with Crippen LogP contribution >= 0.6 is 35.3 Å². The predicted molar refractivity (Wildman–Crippen MR) is 115 cm³/mol. The van der Waals surface area contributed by atoms with Crippen LogP contribution < -0.4 is 10.6 Å². The number of hydrogen-bond acceptors (Lipinski definition) is 3. The third-order valence-corrected chi connectivity index (χ3v) is 4.43. The zero-order valence-electron chi connectivity index (χ0n) is 15.1. The Hall–Kier alpha value is -1.22. The van der Waals surface area contributed by atoms with Crippen molar-refractivity contribution in [1.29, 1.82) is 0 Å². The zero-order valence-corrected chi connectivity index (χ0v) is 18.2. The van der Waals surface area contributed by atoms with Gasteiger partial charge in [0.05, 0.1) is 10.7 Å². The molecule has 0 radical (unpaired) electrons. The van der Waals surface area contributed by atoms with Crippen molar-refractivity contribution in [3.8, 4) is 0 Å². The van der Waals surface area contributed by atoms with Gasteiger partial charge in [-0.3, -0.25) is 4.99 Å². The summed E-state index contributed by atoms with van der Waals surface area (Å²) in [5.41, 5.74) is 2.11. The highest BCUT2D eigenvalue weighted by Crippen LogP contribution is 2.23. The minimum Gasteiger partial charge on any atom is -0.356 e. The summed E-state index contributed by atoms with van der Waals surface area (Å²) in [4.78, 5) is 8.87. The maximum Gasteiger partial charge on any atom is 0.191 e. The molecule has 0 bridgehead atoms. The van der Waals surface area contributed by atoms with E-state index < -0.39 is 0 Å². The third kappa shape index (κ3) is 7.27. The maximum absolute atomic E-state index is 13.2. The van der Waals surface area contributed by atoms with Crippen molar-refractivity contribution in [1.82, 2.24) is 15.6 Å². The van der Waals surface area contributed by atoms with E-state index in [1.54, 1.807) is 24.5 Å². The topological polar surface area (TPSA) is 49.3 Å². The largest absolute Gasteiger partial charge is 0.356 e. The molecule has 0 aliphatic rings. The SMILES string of the molecule is CN=C(NCCc1nc(C(C)(C)C)cs1)NCc1cccc(F)c1.I. The molecule has 0 spiro atoms. The average molecular weight is 476 g/mol. The molecule has 0 saturated carbocycles. The van der Waals surface area contributed by atoms with Gasteiger partial charge in [0.15, 0.2) is 5.96 Å². The van der Waals surface area contributed by atoms with E-state index in [1.807, 2.05) is 6.07 Å². The summed E-state index contributed by atoms with van der Waals surface area (Å²) >= 11 is 1.69. The Morgan fingerprint density at radius 1 is 1.28 bits per heavy atom. The summed E-state index contributed by atoms with van der Waals surface area (Å²) in [5.74, 6) is 0.475. The number of halogens is 2. The molecule has 7 heteroatoms. The molecule has 4 nitrogen and oxygen atoms in total. The van der Waals surface area contributed by atoms with E-state index in [9.17, 15) is 4.39 Å². The number of thiazole rings is 1. The molecule has 2 N–H and O–H groups in total. The molecule has 25 heavy (non-hydrogen) atoms. The molecule has 0 fully saturated rings. The first-order valence-corrected chi connectivity index (χ1v) is 8.90. The number of rotatable bonds is 5. The van der Waals surface area contributed by atoms with Crippen LogP contribution in [0.4, 0.5) is 4.39 Å². The van der Waals surface area contributed by atoms with Crippen LogP contribution in [0.1, 0.15) is 37.0 Å². The highest BCUT2D eigenvalue weighted by molar-refractivity contribution is 14.0. The number of benzene rings is 1.